The van der Waals surface area contributed by atoms with Crippen molar-refractivity contribution in [3.63, 3.8) is 0 Å². The number of rotatable bonds is 5. The van der Waals surface area contributed by atoms with Crippen molar-refractivity contribution in [1.29, 1.82) is 0 Å². The maximum Gasteiger partial charge on any atom is 0.271 e. The molecule has 0 aromatic heterocycles. The van der Waals surface area contributed by atoms with Gasteiger partial charge in [0.25, 0.3) is 5.91 Å². The highest BCUT2D eigenvalue weighted by Crippen LogP contribution is 2.63. The van der Waals surface area contributed by atoms with E-state index < -0.39 is 0 Å². The maximum absolute atomic E-state index is 12.5. The highest BCUT2D eigenvalue weighted by molar-refractivity contribution is 5.98. The van der Waals surface area contributed by atoms with Gasteiger partial charge in [-0.25, -0.2) is 5.43 Å². The molecule has 2 aliphatic rings. The van der Waals surface area contributed by atoms with Gasteiger partial charge in [0.15, 0.2) is 11.5 Å². The fourth-order valence-corrected chi connectivity index (χ4v) is 4.36. The number of nitrogens with zero attached hydrogens (tertiary/aromatic N) is 1. The number of amides is 1. The third-order valence-electron chi connectivity index (χ3n) is 6.53. The van der Waals surface area contributed by atoms with Gasteiger partial charge >= 0.3 is 0 Å². The van der Waals surface area contributed by atoms with E-state index in [0.29, 0.717) is 29.6 Å². The summed E-state index contributed by atoms with van der Waals surface area (Å²) in [6.07, 6.45) is 3.39. The minimum atomic E-state index is -0.224. The van der Waals surface area contributed by atoms with Gasteiger partial charge in [-0.1, -0.05) is 20.8 Å². The molecule has 0 radical (unpaired) electrons. The van der Waals surface area contributed by atoms with Crippen molar-refractivity contribution in [2.45, 2.75) is 47.0 Å². The monoisotopic (exact) mass is 344 g/mol. The molecule has 0 spiro atoms. The second-order valence-electron chi connectivity index (χ2n) is 7.79. The van der Waals surface area contributed by atoms with Crippen LogP contribution in [0, 0.1) is 16.7 Å². The minimum absolute atomic E-state index is 0.0848. The molecule has 1 aromatic carbocycles. The molecule has 2 fully saturated rings. The molecular formula is C20H28N2O3. The van der Waals surface area contributed by atoms with E-state index >= 15 is 0 Å². The van der Waals surface area contributed by atoms with Crippen LogP contribution in [0.1, 0.15) is 57.3 Å². The molecule has 136 valence electrons. The summed E-state index contributed by atoms with van der Waals surface area (Å²) >= 11 is 0. The zero-order valence-electron chi connectivity index (χ0n) is 15.8. The lowest BCUT2D eigenvalue weighted by atomic mass is 9.70. The Bertz CT molecular complexity index is 711. The highest BCUT2D eigenvalue weighted by Gasteiger charge is 2.60. The molecule has 3 rings (SSSR count). The SMILES string of the molecule is CCOc1ccc(C(=O)N/N=C2/C[C@H]3CC[C@@]2(C)C3(C)C)cc1OC. The van der Waals surface area contributed by atoms with E-state index in [1.54, 1.807) is 25.3 Å². The Morgan fingerprint density at radius 2 is 2.08 bits per heavy atom. The van der Waals surface area contributed by atoms with Crippen LogP contribution in [0.3, 0.4) is 0 Å². The van der Waals surface area contributed by atoms with Gasteiger partial charge in [-0.15, -0.1) is 0 Å². The summed E-state index contributed by atoms with van der Waals surface area (Å²) in [7, 11) is 1.57. The Labute approximate surface area is 149 Å². The molecule has 2 saturated carbocycles. The molecule has 0 heterocycles. The second-order valence-corrected chi connectivity index (χ2v) is 7.79. The van der Waals surface area contributed by atoms with E-state index in [-0.39, 0.29) is 16.7 Å². The first-order valence-corrected chi connectivity index (χ1v) is 9.01. The largest absolute Gasteiger partial charge is 0.493 e. The first-order chi connectivity index (χ1) is 11.8. The number of hydrazone groups is 1. The Hall–Kier alpha value is -2.04. The van der Waals surface area contributed by atoms with Gasteiger partial charge in [0.2, 0.25) is 0 Å². The highest BCUT2D eigenvalue weighted by atomic mass is 16.5. The fraction of sp³-hybridized carbons (Fsp3) is 0.600. The van der Waals surface area contributed by atoms with E-state index in [9.17, 15) is 4.79 Å². The summed E-state index contributed by atoms with van der Waals surface area (Å²) in [6.45, 7) is 9.39. The molecule has 0 aliphatic heterocycles. The molecule has 0 unspecified atom stereocenters. The number of nitrogens with one attached hydrogen (secondary N) is 1. The van der Waals surface area contributed by atoms with Gasteiger partial charge in [-0.05, 0) is 55.7 Å². The molecular weight excluding hydrogens is 316 g/mol. The van der Waals surface area contributed by atoms with Crippen molar-refractivity contribution >= 4 is 11.6 Å². The van der Waals surface area contributed by atoms with Crippen molar-refractivity contribution in [2.24, 2.45) is 21.8 Å². The summed E-state index contributed by atoms with van der Waals surface area (Å²) in [6, 6.07) is 5.18. The van der Waals surface area contributed by atoms with Gasteiger partial charge in [0.1, 0.15) is 0 Å². The maximum atomic E-state index is 12.5. The molecule has 25 heavy (non-hydrogen) atoms. The first kappa shape index (κ1) is 17.8. The quantitative estimate of drug-likeness (QED) is 0.821. The number of benzene rings is 1. The molecule has 1 N–H and O–H groups in total. The minimum Gasteiger partial charge on any atom is -0.493 e. The second kappa shape index (κ2) is 6.36. The number of methoxy groups -OCH3 is 1. The van der Waals surface area contributed by atoms with Gasteiger partial charge in [0.05, 0.1) is 13.7 Å². The van der Waals surface area contributed by atoms with Crippen LogP contribution in [-0.4, -0.2) is 25.3 Å². The zero-order chi connectivity index (χ0) is 18.2. The third-order valence-corrected chi connectivity index (χ3v) is 6.53. The predicted octanol–water partition coefficient (Wildman–Crippen LogP) is 4.03. The lowest BCUT2D eigenvalue weighted by Gasteiger charge is -2.34. The van der Waals surface area contributed by atoms with Crippen LogP contribution in [-0.2, 0) is 0 Å². The molecule has 2 atom stereocenters. The Balaban J connectivity index is 1.76. The molecule has 1 amide bonds. The Morgan fingerprint density at radius 1 is 1.32 bits per heavy atom. The van der Waals surface area contributed by atoms with E-state index in [1.807, 2.05) is 6.92 Å². The van der Waals surface area contributed by atoms with Crippen LogP contribution in [0.2, 0.25) is 0 Å². The van der Waals surface area contributed by atoms with Gasteiger partial charge in [-0.3, -0.25) is 4.79 Å². The van der Waals surface area contributed by atoms with Crippen LogP contribution >= 0.6 is 0 Å². The average Bonchev–Trinajstić information content (AvgIpc) is 2.93. The number of ether oxygens (including phenoxy) is 2. The van der Waals surface area contributed by atoms with Gasteiger partial charge < -0.3 is 9.47 Å². The van der Waals surface area contributed by atoms with Crippen LogP contribution in [0.15, 0.2) is 23.3 Å². The average molecular weight is 344 g/mol. The molecule has 1 aromatic rings. The van der Waals surface area contributed by atoms with Crippen LogP contribution in [0.5, 0.6) is 11.5 Å². The molecule has 5 nitrogen and oxygen atoms in total. The van der Waals surface area contributed by atoms with Gasteiger partial charge in [0, 0.05) is 16.7 Å². The number of hydrogen-bond donors (Lipinski definition) is 1. The number of carbonyl (C=O) groups excluding carboxylic acids is 1. The molecule has 5 heteroatoms. The van der Waals surface area contributed by atoms with Crippen LogP contribution in [0.25, 0.3) is 0 Å². The Morgan fingerprint density at radius 3 is 2.64 bits per heavy atom. The van der Waals surface area contributed by atoms with Crippen molar-refractivity contribution in [3.05, 3.63) is 23.8 Å². The predicted molar refractivity (Wildman–Crippen MR) is 98.3 cm³/mol. The number of carbonyl (C=O) groups is 1. The van der Waals surface area contributed by atoms with Crippen molar-refractivity contribution < 1.29 is 14.3 Å². The van der Waals surface area contributed by atoms with Crippen molar-refractivity contribution in [3.8, 4) is 11.5 Å². The summed E-state index contributed by atoms with van der Waals surface area (Å²) < 4.78 is 10.8. The summed E-state index contributed by atoms with van der Waals surface area (Å²) in [4.78, 5) is 12.5. The van der Waals surface area contributed by atoms with E-state index in [1.165, 1.54) is 6.42 Å². The van der Waals surface area contributed by atoms with E-state index in [2.05, 4.69) is 31.3 Å². The molecule has 2 aliphatic carbocycles. The van der Waals surface area contributed by atoms with E-state index in [4.69, 9.17) is 9.47 Å². The number of fused-ring (bicyclic) bond motifs is 2. The smallest absolute Gasteiger partial charge is 0.271 e. The summed E-state index contributed by atoms with van der Waals surface area (Å²) in [5, 5.41) is 4.51. The summed E-state index contributed by atoms with van der Waals surface area (Å²) in [5.41, 5.74) is 4.71. The number of hydrogen-bond acceptors (Lipinski definition) is 4. The third kappa shape index (κ3) is 2.79. The van der Waals surface area contributed by atoms with E-state index in [0.717, 1.165) is 18.6 Å². The van der Waals surface area contributed by atoms with Gasteiger partial charge in [-0.2, -0.15) is 5.10 Å². The standard InChI is InChI=1S/C20H28N2O3/c1-6-25-15-8-7-13(11-16(15)24-5)18(23)22-21-17-12-14-9-10-20(17,4)19(14,2)3/h7-8,11,14H,6,9-10,12H2,1-5H3,(H,22,23)/b21-17-/t14-,20-/m1/s1. The lowest BCUT2D eigenvalue weighted by molar-refractivity contribution is 0.0953. The molecule has 0 saturated heterocycles. The van der Waals surface area contributed by atoms with Crippen molar-refractivity contribution in [2.75, 3.05) is 13.7 Å². The fourth-order valence-electron chi connectivity index (χ4n) is 4.36. The lowest BCUT2D eigenvalue weighted by Crippen LogP contribution is -2.34. The van der Waals surface area contributed by atoms with Crippen LogP contribution < -0.4 is 14.9 Å². The van der Waals surface area contributed by atoms with Crippen LogP contribution in [0.4, 0.5) is 0 Å². The van der Waals surface area contributed by atoms with Crippen molar-refractivity contribution in [1.82, 2.24) is 5.43 Å². The summed E-state index contributed by atoms with van der Waals surface area (Å²) in [5.74, 6) is 1.63. The Kier molecular flexibility index (Phi) is 4.52. The molecule has 2 bridgehead atoms. The normalized spacial score (nSPS) is 28.2. The first-order valence-electron chi connectivity index (χ1n) is 9.01. The zero-order valence-corrected chi connectivity index (χ0v) is 15.8. The topological polar surface area (TPSA) is 59.9 Å².